The van der Waals surface area contributed by atoms with Crippen molar-refractivity contribution in [2.45, 2.75) is 25.5 Å². The summed E-state index contributed by atoms with van der Waals surface area (Å²) in [5.41, 5.74) is 3.17. The number of carbonyl (C=O) groups is 3. The molecule has 1 saturated heterocycles. The molecule has 1 heterocycles. The van der Waals surface area contributed by atoms with Crippen LogP contribution >= 0.6 is 0 Å². The molecule has 2 aromatic rings. The summed E-state index contributed by atoms with van der Waals surface area (Å²) in [5, 5.41) is 13.7. The second-order valence-corrected chi connectivity index (χ2v) is 6.07. The van der Waals surface area contributed by atoms with E-state index in [2.05, 4.69) is 16.7 Å². The smallest absolute Gasteiger partial charge is 0.322 e. The van der Waals surface area contributed by atoms with Crippen LogP contribution < -0.4 is 10.6 Å². The maximum atomic E-state index is 11.8. The van der Waals surface area contributed by atoms with Gasteiger partial charge in [0.05, 0.1) is 11.6 Å². The summed E-state index contributed by atoms with van der Waals surface area (Å²) >= 11 is 0. The van der Waals surface area contributed by atoms with Gasteiger partial charge in [0.2, 0.25) is 0 Å². The zero-order valence-corrected chi connectivity index (χ0v) is 14.4. The standard InChI is InChI=1S/C20H17N3O4/c21-11-15-3-1-2-4-16(15)14-7-5-13(6-8-14)12-27-18(24)10-9-17-19(25)23-20(26)22-17/h1-8,17H,9-10,12H2,(H2,22,23,25,26). The van der Waals surface area contributed by atoms with E-state index in [-0.39, 0.29) is 19.4 Å². The van der Waals surface area contributed by atoms with E-state index in [9.17, 15) is 19.6 Å². The van der Waals surface area contributed by atoms with Gasteiger partial charge in [0, 0.05) is 6.42 Å². The van der Waals surface area contributed by atoms with Gasteiger partial charge in [0.25, 0.3) is 5.91 Å². The van der Waals surface area contributed by atoms with Crippen molar-refractivity contribution >= 4 is 17.9 Å². The van der Waals surface area contributed by atoms with Gasteiger partial charge in [0.1, 0.15) is 12.6 Å². The van der Waals surface area contributed by atoms with Crippen LogP contribution in [0.2, 0.25) is 0 Å². The summed E-state index contributed by atoms with van der Waals surface area (Å²) in [6.45, 7) is 0.113. The molecule has 3 amide bonds. The molecule has 7 nitrogen and oxygen atoms in total. The van der Waals surface area contributed by atoms with Crippen LogP contribution in [0.5, 0.6) is 0 Å². The topological polar surface area (TPSA) is 108 Å². The van der Waals surface area contributed by atoms with E-state index in [0.29, 0.717) is 5.56 Å². The average molecular weight is 363 g/mol. The molecule has 1 fully saturated rings. The Hall–Kier alpha value is -3.66. The van der Waals surface area contributed by atoms with Gasteiger partial charge in [-0.25, -0.2) is 4.79 Å². The van der Waals surface area contributed by atoms with Crippen LogP contribution in [-0.2, 0) is 20.9 Å². The van der Waals surface area contributed by atoms with Crippen LogP contribution in [0.25, 0.3) is 11.1 Å². The Morgan fingerprint density at radius 2 is 1.85 bits per heavy atom. The maximum Gasteiger partial charge on any atom is 0.322 e. The molecular formula is C20H17N3O4. The van der Waals surface area contributed by atoms with Crippen LogP contribution in [-0.4, -0.2) is 23.9 Å². The highest BCUT2D eigenvalue weighted by atomic mass is 16.5. The number of ether oxygens (including phenoxy) is 1. The number of imide groups is 1. The largest absolute Gasteiger partial charge is 0.461 e. The number of esters is 1. The summed E-state index contributed by atoms with van der Waals surface area (Å²) < 4.78 is 5.20. The molecule has 2 N–H and O–H groups in total. The lowest BCUT2D eigenvalue weighted by molar-refractivity contribution is -0.145. The van der Waals surface area contributed by atoms with Crippen molar-refractivity contribution in [1.29, 1.82) is 5.26 Å². The first kappa shape index (κ1) is 18.1. The zero-order chi connectivity index (χ0) is 19.2. The minimum atomic E-state index is -0.690. The Labute approximate surface area is 155 Å². The highest BCUT2D eigenvalue weighted by Gasteiger charge is 2.29. The van der Waals surface area contributed by atoms with E-state index in [1.165, 1.54) is 0 Å². The molecule has 1 aliphatic rings. The van der Waals surface area contributed by atoms with Gasteiger partial charge in [-0.2, -0.15) is 5.26 Å². The summed E-state index contributed by atoms with van der Waals surface area (Å²) in [7, 11) is 0. The predicted molar refractivity (Wildman–Crippen MR) is 96.1 cm³/mol. The van der Waals surface area contributed by atoms with E-state index >= 15 is 0 Å². The Bertz CT molecular complexity index is 916. The number of amides is 3. The van der Waals surface area contributed by atoms with Gasteiger partial charge in [-0.3, -0.25) is 14.9 Å². The number of nitriles is 1. The van der Waals surface area contributed by atoms with Crippen molar-refractivity contribution in [3.05, 3.63) is 59.7 Å². The Balaban J connectivity index is 1.51. The number of hydrogen-bond acceptors (Lipinski definition) is 5. The number of nitrogens with one attached hydrogen (secondary N) is 2. The summed E-state index contributed by atoms with van der Waals surface area (Å²) in [6.07, 6.45) is 0.228. The normalized spacial score (nSPS) is 15.6. The summed E-state index contributed by atoms with van der Waals surface area (Å²) in [5.74, 6) is -0.871. The fourth-order valence-corrected chi connectivity index (χ4v) is 2.77. The second-order valence-electron chi connectivity index (χ2n) is 6.07. The summed E-state index contributed by atoms with van der Waals surface area (Å²) in [6, 6.07) is 15.7. The van der Waals surface area contributed by atoms with Crippen molar-refractivity contribution in [2.75, 3.05) is 0 Å². The number of hydrogen-bond donors (Lipinski definition) is 2. The molecule has 136 valence electrons. The number of carbonyl (C=O) groups excluding carboxylic acids is 3. The first-order chi connectivity index (χ1) is 13.1. The highest BCUT2D eigenvalue weighted by Crippen LogP contribution is 2.23. The SMILES string of the molecule is N#Cc1ccccc1-c1ccc(COC(=O)CCC2NC(=O)NC2=O)cc1. The quantitative estimate of drug-likeness (QED) is 0.604. The maximum absolute atomic E-state index is 11.8. The molecule has 1 atom stereocenters. The van der Waals surface area contributed by atoms with Crippen LogP contribution in [0.3, 0.4) is 0 Å². The number of urea groups is 1. The molecule has 27 heavy (non-hydrogen) atoms. The molecule has 0 bridgehead atoms. The lowest BCUT2D eigenvalue weighted by atomic mass is 9.99. The monoisotopic (exact) mass is 363 g/mol. The molecule has 0 aromatic heterocycles. The third-order valence-electron chi connectivity index (χ3n) is 4.21. The fraction of sp³-hybridized carbons (Fsp3) is 0.200. The van der Waals surface area contributed by atoms with Crippen LogP contribution in [0.4, 0.5) is 4.79 Å². The Morgan fingerprint density at radius 3 is 2.52 bits per heavy atom. The van der Waals surface area contributed by atoms with Crippen molar-refractivity contribution < 1.29 is 19.1 Å². The van der Waals surface area contributed by atoms with Gasteiger partial charge in [0.15, 0.2) is 0 Å². The first-order valence-corrected chi connectivity index (χ1v) is 8.42. The van der Waals surface area contributed by atoms with Gasteiger partial charge in [-0.15, -0.1) is 0 Å². The number of nitrogens with zero attached hydrogens (tertiary/aromatic N) is 1. The van der Waals surface area contributed by atoms with Gasteiger partial charge >= 0.3 is 12.0 Å². The third-order valence-corrected chi connectivity index (χ3v) is 4.21. The van der Waals surface area contributed by atoms with Crippen LogP contribution in [0.15, 0.2) is 48.5 Å². The Kier molecular flexibility index (Phi) is 5.47. The third kappa shape index (κ3) is 4.50. The Morgan fingerprint density at radius 1 is 1.11 bits per heavy atom. The molecular weight excluding hydrogens is 346 g/mol. The van der Waals surface area contributed by atoms with Crippen molar-refractivity contribution in [1.82, 2.24) is 10.6 Å². The van der Waals surface area contributed by atoms with Gasteiger partial charge in [-0.05, 0) is 29.2 Å². The molecule has 0 spiro atoms. The van der Waals surface area contributed by atoms with Crippen LogP contribution in [0, 0.1) is 11.3 Å². The lowest BCUT2D eigenvalue weighted by Gasteiger charge is -2.09. The van der Waals surface area contributed by atoms with Crippen molar-refractivity contribution in [3.63, 3.8) is 0 Å². The van der Waals surface area contributed by atoms with Crippen LogP contribution in [0.1, 0.15) is 24.0 Å². The molecule has 0 aliphatic carbocycles. The molecule has 1 unspecified atom stereocenters. The molecule has 7 heteroatoms. The first-order valence-electron chi connectivity index (χ1n) is 8.42. The number of benzene rings is 2. The lowest BCUT2D eigenvalue weighted by Crippen LogP contribution is -2.29. The average Bonchev–Trinajstić information content (AvgIpc) is 3.02. The summed E-state index contributed by atoms with van der Waals surface area (Å²) in [4.78, 5) is 34.2. The fourth-order valence-electron chi connectivity index (χ4n) is 2.77. The molecule has 0 saturated carbocycles. The highest BCUT2D eigenvalue weighted by molar-refractivity contribution is 6.04. The zero-order valence-electron chi connectivity index (χ0n) is 14.4. The van der Waals surface area contributed by atoms with Crippen molar-refractivity contribution in [2.24, 2.45) is 0 Å². The van der Waals surface area contributed by atoms with E-state index in [4.69, 9.17) is 4.74 Å². The van der Waals surface area contributed by atoms with Gasteiger partial charge < -0.3 is 10.1 Å². The second kappa shape index (κ2) is 8.15. The molecule has 2 aromatic carbocycles. The molecule has 0 radical (unpaired) electrons. The van der Waals surface area contributed by atoms with E-state index in [0.717, 1.165) is 16.7 Å². The number of rotatable bonds is 6. The van der Waals surface area contributed by atoms with E-state index in [1.807, 2.05) is 42.5 Å². The molecule has 1 aliphatic heterocycles. The van der Waals surface area contributed by atoms with Crippen molar-refractivity contribution in [3.8, 4) is 17.2 Å². The van der Waals surface area contributed by atoms with E-state index in [1.54, 1.807) is 6.07 Å². The van der Waals surface area contributed by atoms with Gasteiger partial charge in [-0.1, -0.05) is 42.5 Å². The minimum absolute atomic E-state index is 0.0337. The molecule has 3 rings (SSSR count). The minimum Gasteiger partial charge on any atom is -0.461 e. The van der Waals surface area contributed by atoms with E-state index < -0.39 is 23.9 Å². The predicted octanol–water partition coefficient (Wildman–Crippen LogP) is 2.26.